The summed E-state index contributed by atoms with van der Waals surface area (Å²) < 4.78 is 118. The first-order chi connectivity index (χ1) is 26.3. The van der Waals surface area contributed by atoms with Crippen molar-refractivity contribution < 1.29 is 34.8 Å². The van der Waals surface area contributed by atoms with Gasteiger partial charge in [-0.3, -0.25) is 0 Å². The fraction of sp³-hybridized carbons (Fsp3) is 0.130. The fourth-order valence-corrected chi connectivity index (χ4v) is 8.13. The molecule has 0 heterocycles. The van der Waals surface area contributed by atoms with Crippen LogP contribution in [-0.2, 0) is 9.84 Å². The summed E-state index contributed by atoms with van der Waals surface area (Å²) in [5.41, 5.74) is -3.25. The molecule has 0 spiro atoms. The first-order valence-electron chi connectivity index (χ1n) is 17.5. The van der Waals surface area contributed by atoms with Crippen molar-refractivity contribution in [3.05, 3.63) is 214 Å². The SMILES string of the molecule is O=S(=O)(CC1C=CC(F)(/C=C/c2ccccc2F)C=C1/C=C/c1ccccc1F)CC1C=CC(F)(/C=C/c2ccccc2F)C=C1/C=C/c1ccccc1F. The predicted octanol–water partition coefficient (Wildman–Crippen LogP) is 11.5. The van der Waals surface area contributed by atoms with E-state index in [2.05, 4.69) is 0 Å². The lowest BCUT2D eigenvalue weighted by atomic mass is 9.86. The topological polar surface area (TPSA) is 34.1 Å². The van der Waals surface area contributed by atoms with Gasteiger partial charge in [0.25, 0.3) is 0 Å². The Morgan fingerprint density at radius 2 is 0.782 bits per heavy atom. The lowest BCUT2D eigenvalue weighted by Gasteiger charge is -2.27. The van der Waals surface area contributed by atoms with Crippen LogP contribution in [0.3, 0.4) is 0 Å². The van der Waals surface area contributed by atoms with Crippen molar-refractivity contribution in [1.82, 2.24) is 0 Å². The highest BCUT2D eigenvalue weighted by atomic mass is 32.2. The molecule has 2 aliphatic carbocycles. The molecule has 2 nitrogen and oxygen atoms in total. The minimum atomic E-state index is -4.01. The van der Waals surface area contributed by atoms with Gasteiger partial charge in [-0.15, -0.1) is 0 Å². The highest BCUT2D eigenvalue weighted by Crippen LogP contribution is 2.35. The fourth-order valence-electron chi connectivity index (χ4n) is 6.29. The second-order valence-electron chi connectivity index (χ2n) is 13.4. The molecule has 0 amide bonds. The van der Waals surface area contributed by atoms with Gasteiger partial charge in [-0.25, -0.2) is 34.8 Å². The number of alkyl halides is 2. The summed E-state index contributed by atoms with van der Waals surface area (Å²) in [4.78, 5) is 0. The van der Waals surface area contributed by atoms with Crippen molar-refractivity contribution in [3.63, 3.8) is 0 Å². The molecule has 4 atom stereocenters. The van der Waals surface area contributed by atoms with Gasteiger partial charge in [0.05, 0.1) is 11.5 Å². The Balaban J connectivity index is 1.29. The number of hydrogen-bond acceptors (Lipinski definition) is 2. The van der Waals surface area contributed by atoms with Crippen LogP contribution >= 0.6 is 0 Å². The summed E-state index contributed by atoms with van der Waals surface area (Å²) in [5.74, 6) is -4.84. The molecule has 9 heteroatoms. The number of hydrogen-bond donors (Lipinski definition) is 0. The molecule has 0 aliphatic heterocycles. The zero-order chi connectivity index (χ0) is 39.1. The van der Waals surface area contributed by atoms with Gasteiger partial charge in [0.2, 0.25) is 0 Å². The van der Waals surface area contributed by atoms with E-state index in [4.69, 9.17) is 0 Å². The third-order valence-electron chi connectivity index (χ3n) is 9.24. The Bertz CT molecular complexity index is 2240. The van der Waals surface area contributed by atoms with E-state index in [9.17, 15) is 26.0 Å². The number of sulfone groups is 1. The Morgan fingerprint density at radius 1 is 0.473 bits per heavy atom. The van der Waals surface area contributed by atoms with Gasteiger partial charge < -0.3 is 0 Å². The quantitative estimate of drug-likeness (QED) is 0.106. The summed E-state index contributed by atoms with van der Waals surface area (Å²) >= 11 is 0. The van der Waals surface area contributed by atoms with Crippen LogP contribution in [-0.4, -0.2) is 31.3 Å². The van der Waals surface area contributed by atoms with E-state index in [-0.39, 0.29) is 33.4 Å². The molecule has 0 radical (unpaired) electrons. The maximum absolute atomic E-state index is 16.3. The molecular formula is C46H36F6O2S. The minimum absolute atomic E-state index is 0.156. The Labute approximate surface area is 317 Å². The molecule has 0 N–H and O–H groups in total. The van der Waals surface area contributed by atoms with E-state index < -0.39 is 67.8 Å². The number of rotatable bonds is 12. The van der Waals surface area contributed by atoms with E-state index in [1.54, 1.807) is 24.3 Å². The van der Waals surface area contributed by atoms with Crippen molar-refractivity contribution in [2.75, 3.05) is 11.5 Å². The minimum Gasteiger partial charge on any atom is -0.230 e. The average molecular weight is 767 g/mol. The molecule has 2 aliphatic rings. The van der Waals surface area contributed by atoms with Crippen LogP contribution in [0.1, 0.15) is 22.3 Å². The van der Waals surface area contributed by atoms with Gasteiger partial charge >= 0.3 is 0 Å². The van der Waals surface area contributed by atoms with E-state index in [0.29, 0.717) is 0 Å². The Kier molecular flexibility index (Phi) is 11.9. The standard InChI is InChI=1S/C46H36F6O2S/c47-41-13-5-1-9-33(41)17-19-37-29-45(51,25-21-35-11-3-7-15-43(35)49)27-23-39(37)31-55(53,54)32-40-24-28-46(52,26-22-36-12-4-8-16-44(36)50)30-38(40)20-18-34-10-2-6-14-42(34)48/h1-30,39-40H,31-32H2/b19-17+,20-18+,25-21+,26-22+. The molecule has 4 unspecified atom stereocenters. The third kappa shape index (κ3) is 10.3. The third-order valence-corrected chi connectivity index (χ3v) is 11.0. The zero-order valence-electron chi connectivity index (χ0n) is 29.4. The van der Waals surface area contributed by atoms with Crippen LogP contribution in [0.25, 0.3) is 24.3 Å². The van der Waals surface area contributed by atoms with Crippen LogP contribution in [0.15, 0.2) is 169 Å². The molecule has 280 valence electrons. The molecule has 4 aromatic rings. The number of allylic oxidation sites excluding steroid dienone is 12. The second kappa shape index (κ2) is 16.8. The van der Waals surface area contributed by atoms with Crippen molar-refractivity contribution in [1.29, 1.82) is 0 Å². The molecule has 0 fully saturated rings. The van der Waals surface area contributed by atoms with Crippen molar-refractivity contribution in [2.45, 2.75) is 11.3 Å². The number of benzene rings is 4. The average Bonchev–Trinajstić information content (AvgIpc) is 3.15. The van der Waals surface area contributed by atoms with E-state index in [1.807, 2.05) is 0 Å². The molecule has 0 saturated heterocycles. The lowest BCUT2D eigenvalue weighted by Crippen LogP contribution is -2.29. The highest BCUT2D eigenvalue weighted by Gasteiger charge is 2.33. The van der Waals surface area contributed by atoms with Gasteiger partial charge in [0.15, 0.2) is 21.2 Å². The Morgan fingerprint density at radius 3 is 1.11 bits per heavy atom. The van der Waals surface area contributed by atoms with Crippen molar-refractivity contribution >= 4 is 34.1 Å². The first kappa shape index (κ1) is 39.0. The molecule has 0 saturated carbocycles. The largest absolute Gasteiger partial charge is 0.230 e. The van der Waals surface area contributed by atoms with Crippen LogP contribution < -0.4 is 0 Å². The maximum atomic E-state index is 16.3. The molecule has 6 rings (SSSR count). The van der Waals surface area contributed by atoms with E-state index in [1.165, 1.54) is 146 Å². The van der Waals surface area contributed by atoms with Gasteiger partial charge in [0.1, 0.15) is 23.3 Å². The number of halogens is 6. The van der Waals surface area contributed by atoms with Crippen LogP contribution in [0, 0.1) is 35.1 Å². The monoisotopic (exact) mass is 766 g/mol. The molecule has 0 bridgehead atoms. The zero-order valence-corrected chi connectivity index (χ0v) is 30.2. The lowest BCUT2D eigenvalue weighted by molar-refractivity contribution is 0.362. The van der Waals surface area contributed by atoms with Crippen molar-refractivity contribution in [2.24, 2.45) is 11.8 Å². The van der Waals surface area contributed by atoms with Crippen molar-refractivity contribution in [3.8, 4) is 0 Å². The highest BCUT2D eigenvalue weighted by molar-refractivity contribution is 7.91. The smallest absolute Gasteiger partial charge is 0.166 e. The summed E-state index contributed by atoms with van der Waals surface area (Å²) in [7, 11) is -4.01. The Hall–Kier alpha value is -5.67. The second-order valence-corrected chi connectivity index (χ2v) is 15.5. The van der Waals surface area contributed by atoms with Gasteiger partial charge in [-0.2, -0.15) is 0 Å². The molecule has 0 aromatic heterocycles. The van der Waals surface area contributed by atoms with E-state index >= 15 is 8.78 Å². The predicted molar refractivity (Wildman–Crippen MR) is 209 cm³/mol. The first-order valence-corrected chi connectivity index (χ1v) is 19.3. The summed E-state index contributed by atoms with van der Waals surface area (Å²) in [6.07, 6.45) is 18.3. The van der Waals surface area contributed by atoms with Crippen LogP contribution in [0.4, 0.5) is 26.3 Å². The van der Waals surface area contributed by atoms with Crippen LogP contribution in [0.5, 0.6) is 0 Å². The molecule has 55 heavy (non-hydrogen) atoms. The summed E-state index contributed by atoms with van der Waals surface area (Å²) in [6.45, 7) is 0. The van der Waals surface area contributed by atoms with Gasteiger partial charge in [-0.1, -0.05) is 121 Å². The van der Waals surface area contributed by atoms with Crippen LogP contribution in [0.2, 0.25) is 0 Å². The summed E-state index contributed by atoms with van der Waals surface area (Å²) in [5, 5.41) is 0. The summed E-state index contributed by atoms with van der Waals surface area (Å²) in [6, 6.07) is 23.6. The normalized spacial score (nSPS) is 22.9. The van der Waals surface area contributed by atoms with Gasteiger partial charge in [-0.05, 0) is 71.9 Å². The maximum Gasteiger partial charge on any atom is 0.166 e. The molecular weight excluding hydrogens is 731 g/mol. The van der Waals surface area contributed by atoms with Gasteiger partial charge in [0, 0.05) is 34.1 Å². The molecule has 4 aromatic carbocycles. The van der Waals surface area contributed by atoms with E-state index in [0.717, 1.165) is 12.2 Å².